The summed E-state index contributed by atoms with van der Waals surface area (Å²) in [6.45, 7) is 12.3. The van der Waals surface area contributed by atoms with Crippen LogP contribution in [0.15, 0.2) is 18.3 Å². The van der Waals surface area contributed by atoms with E-state index in [1.165, 1.54) is 17.9 Å². The molecule has 0 spiro atoms. The molecular weight excluding hydrogens is 516 g/mol. The maximum Gasteiger partial charge on any atom is 0.429 e. The van der Waals surface area contributed by atoms with Gasteiger partial charge in [0.15, 0.2) is 11.6 Å². The first-order valence-corrected chi connectivity index (χ1v) is 13.5. The van der Waals surface area contributed by atoms with Crippen LogP contribution in [0.5, 0.6) is 6.01 Å². The Morgan fingerprint density at radius 1 is 1.18 bits per heavy atom. The lowest BCUT2D eigenvalue weighted by molar-refractivity contribution is -0.134. The van der Waals surface area contributed by atoms with Crippen LogP contribution in [0.1, 0.15) is 71.6 Å². The van der Waals surface area contributed by atoms with Crippen molar-refractivity contribution in [2.24, 2.45) is 0 Å². The van der Waals surface area contributed by atoms with E-state index in [9.17, 15) is 4.79 Å². The van der Waals surface area contributed by atoms with Crippen LogP contribution in [0, 0.1) is 0 Å². The number of carbonyl (C=O) groups is 2. The summed E-state index contributed by atoms with van der Waals surface area (Å²) < 4.78 is 11.3. The number of rotatable bonds is 10. The smallest absolute Gasteiger partial charge is 0.429 e. The predicted octanol–water partition coefficient (Wildman–Crippen LogP) is 3.69. The second-order valence-corrected chi connectivity index (χ2v) is 10.6. The van der Waals surface area contributed by atoms with Crippen molar-refractivity contribution in [1.29, 1.82) is 0 Å². The van der Waals surface area contributed by atoms with Gasteiger partial charge in [-0.15, -0.1) is 0 Å². The van der Waals surface area contributed by atoms with Crippen molar-refractivity contribution >= 4 is 29.4 Å². The quantitative estimate of drug-likeness (QED) is 0.284. The maximum absolute atomic E-state index is 13.0. The van der Waals surface area contributed by atoms with Crippen molar-refractivity contribution in [2.75, 3.05) is 43.2 Å². The number of carboxylic acid groups (broad SMARTS) is 1. The van der Waals surface area contributed by atoms with Crippen LogP contribution in [0.2, 0.25) is 0 Å². The minimum atomic E-state index is -0.833. The predicted molar refractivity (Wildman–Crippen MR) is 153 cm³/mol. The molecule has 0 atom stereocenters. The Bertz CT molecular complexity index is 1110. The van der Waals surface area contributed by atoms with Gasteiger partial charge in [-0.3, -0.25) is 19.7 Å². The van der Waals surface area contributed by atoms with Gasteiger partial charge in [-0.2, -0.15) is 9.97 Å². The van der Waals surface area contributed by atoms with E-state index in [0.717, 1.165) is 50.7 Å². The number of unbranched alkanes of at least 4 members (excludes halogenated alkanes) is 1. The minimum Gasteiger partial charge on any atom is -0.481 e. The van der Waals surface area contributed by atoms with Gasteiger partial charge in [-0.1, -0.05) is 13.3 Å². The molecule has 13 heteroatoms. The Morgan fingerprint density at radius 2 is 1.82 bits per heavy atom. The van der Waals surface area contributed by atoms with E-state index in [1.54, 1.807) is 18.3 Å². The molecule has 0 radical (unpaired) electrons. The Kier molecular flexibility index (Phi) is 12.2. The number of carbonyl (C=O) groups excluding carboxylic acids is 1. The third-order valence-corrected chi connectivity index (χ3v) is 5.73. The number of aliphatic carboxylic acids is 1. The van der Waals surface area contributed by atoms with Gasteiger partial charge in [0, 0.05) is 26.7 Å². The number of nitrogen functional groups attached to an aromatic ring is 2. The summed E-state index contributed by atoms with van der Waals surface area (Å²) in [5.41, 5.74) is 13.8. The molecule has 0 unspecified atom stereocenters. The lowest BCUT2D eigenvalue weighted by Gasteiger charge is -2.34. The standard InChI is InChI=1S/C25H40N8O3.C2H4O2/c1-6-7-14-35-23-29-21(27)20(26)22(30-23)33(31(5)24(34)36-25(2,3)4)17-19-15-18(10-11-28-19)16-32-12-8-9-13-32;1-2(3)4/h10-11,15H,6-9,12-14,16-17,26H2,1-5H3,(H2,27,29,30);1H3,(H,3,4). The second-order valence-electron chi connectivity index (χ2n) is 10.6. The highest BCUT2D eigenvalue weighted by Gasteiger charge is 2.28. The number of hydrazine groups is 1. The van der Waals surface area contributed by atoms with E-state index in [4.69, 9.17) is 30.8 Å². The SMILES string of the molecule is CC(=O)O.CCCCOc1nc(N)c(N)c(N(Cc2cc(CN3CCCC3)ccn2)N(C)C(=O)OC(C)(C)C)n1. The molecule has 222 valence electrons. The van der Waals surface area contributed by atoms with E-state index in [0.29, 0.717) is 6.61 Å². The molecule has 3 rings (SSSR count). The number of pyridine rings is 1. The largest absolute Gasteiger partial charge is 0.481 e. The number of hydrogen-bond donors (Lipinski definition) is 3. The van der Waals surface area contributed by atoms with E-state index < -0.39 is 17.7 Å². The van der Waals surface area contributed by atoms with Gasteiger partial charge in [0.05, 0.1) is 18.8 Å². The molecule has 0 saturated carbocycles. The maximum atomic E-state index is 13.0. The number of hydrogen-bond acceptors (Lipinski definition) is 11. The summed E-state index contributed by atoms with van der Waals surface area (Å²) in [5.74, 6) is -0.515. The van der Waals surface area contributed by atoms with Crippen molar-refractivity contribution in [2.45, 2.75) is 79.0 Å². The number of carboxylic acids is 1. The van der Waals surface area contributed by atoms with Crippen LogP contribution < -0.4 is 21.2 Å². The van der Waals surface area contributed by atoms with Gasteiger partial charge >= 0.3 is 12.1 Å². The molecule has 3 heterocycles. The summed E-state index contributed by atoms with van der Waals surface area (Å²) in [7, 11) is 1.59. The van der Waals surface area contributed by atoms with Crippen molar-refractivity contribution in [3.8, 4) is 6.01 Å². The van der Waals surface area contributed by atoms with Crippen molar-refractivity contribution < 1.29 is 24.2 Å². The molecule has 0 bridgehead atoms. The van der Waals surface area contributed by atoms with Gasteiger partial charge in [0.1, 0.15) is 11.3 Å². The lowest BCUT2D eigenvalue weighted by atomic mass is 10.2. The molecule has 1 aliphatic rings. The van der Waals surface area contributed by atoms with Crippen LogP contribution in [0.4, 0.5) is 22.1 Å². The summed E-state index contributed by atoms with van der Waals surface area (Å²) in [5, 5.41) is 10.3. The molecule has 13 nitrogen and oxygen atoms in total. The third-order valence-electron chi connectivity index (χ3n) is 5.73. The molecule has 40 heavy (non-hydrogen) atoms. The van der Waals surface area contributed by atoms with Gasteiger partial charge in [-0.25, -0.2) is 9.80 Å². The number of likely N-dealkylation sites (tertiary alicyclic amines) is 1. The summed E-state index contributed by atoms with van der Waals surface area (Å²) in [6.07, 6.45) is 5.47. The van der Waals surface area contributed by atoms with Crippen LogP contribution in [0.3, 0.4) is 0 Å². The number of amides is 1. The Labute approximate surface area is 236 Å². The van der Waals surface area contributed by atoms with Crippen molar-refractivity contribution in [1.82, 2.24) is 24.9 Å². The molecular formula is C27H44N8O5. The third kappa shape index (κ3) is 10.7. The Balaban J connectivity index is 0.00000131. The molecule has 1 amide bonds. The van der Waals surface area contributed by atoms with Crippen LogP contribution in [-0.2, 0) is 22.6 Å². The van der Waals surface area contributed by atoms with Crippen LogP contribution >= 0.6 is 0 Å². The average molecular weight is 561 g/mol. The summed E-state index contributed by atoms with van der Waals surface area (Å²) >= 11 is 0. The zero-order chi connectivity index (χ0) is 29.9. The molecule has 2 aromatic heterocycles. The van der Waals surface area contributed by atoms with E-state index >= 15 is 0 Å². The average Bonchev–Trinajstić information content (AvgIpc) is 3.36. The monoisotopic (exact) mass is 560 g/mol. The highest BCUT2D eigenvalue weighted by atomic mass is 16.6. The Morgan fingerprint density at radius 3 is 2.42 bits per heavy atom. The van der Waals surface area contributed by atoms with E-state index in [-0.39, 0.29) is 29.9 Å². The minimum absolute atomic E-state index is 0.0739. The van der Waals surface area contributed by atoms with E-state index in [1.807, 2.05) is 32.9 Å². The first-order chi connectivity index (χ1) is 18.8. The fourth-order valence-electron chi connectivity index (χ4n) is 3.84. The summed E-state index contributed by atoms with van der Waals surface area (Å²) in [4.78, 5) is 37.7. The zero-order valence-corrected chi connectivity index (χ0v) is 24.5. The molecule has 2 aromatic rings. The van der Waals surface area contributed by atoms with Crippen molar-refractivity contribution in [3.05, 3.63) is 29.6 Å². The van der Waals surface area contributed by atoms with E-state index in [2.05, 4.69) is 26.8 Å². The molecule has 5 N–H and O–H groups in total. The number of nitrogens with zero attached hydrogens (tertiary/aromatic N) is 6. The number of ether oxygens (including phenoxy) is 2. The molecule has 1 saturated heterocycles. The normalized spacial score (nSPS) is 13.2. The van der Waals surface area contributed by atoms with Gasteiger partial charge in [-0.05, 0) is 70.8 Å². The number of anilines is 3. The second kappa shape index (κ2) is 15.1. The lowest BCUT2D eigenvalue weighted by Crippen LogP contribution is -2.47. The van der Waals surface area contributed by atoms with Gasteiger partial charge in [0.2, 0.25) is 0 Å². The van der Waals surface area contributed by atoms with Crippen molar-refractivity contribution in [3.63, 3.8) is 0 Å². The molecule has 0 aromatic carbocycles. The first-order valence-electron chi connectivity index (χ1n) is 13.5. The molecule has 1 fully saturated rings. The topological polar surface area (TPSA) is 173 Å². The number of aromatic nitrogens is 3. The molecule has 0 aliphatic carbocycles. The highest BCUT2D eigenvalue weighted by Crippen LogP contribution is 2.30. The first kappa shape index (κ1) is 32.3. The fourth-order valence-corrected chi connectivity index (χ4v) is 3.84. The summed E-state index contributed by atoms with van der Waals surface area (Å²) in [6, 6.07) is 4.15. The zero-order valence-electron chi connectivity index (χ0n) is 24.5. The Hall–Kier alpha value is -3.87. The van der Waals surface area contributed by atoms with Crippen LogP contribution in [0.25, 0.3) is 0 Å². The van der Waals surface area contributed by atoms with Gasteiger partial charge < -0.3 is 26.0 Å². The van der Waals surface area contributed by atoms with Crippen LogP contribution in [-0.4, -0.2) is 74.4 Å². The highest BCUT2D eigenvalue weighted by molar-refractivity contribution is 5.77. The fraction of sp³-hybridized carbons (Fsp3) is 0.593. The molecule has 1 aliphatic heterocycles. The number of nitrogens with two attached hydrogens (primary N) is 2. The van der Waals surface area contributed by atoms with Gasteiger partial charge in [0.25, 0.3) is 5.97 Å².